The van der Waals surface area contributed by atoms with Crippen LogP contribution < -0.4 is 5.11 Å². The van der Waals surface area contributed by atoms with Crippen LogP contribution in [0.2, 0.25) is 0 Å². The molecule has 16 heavy (non-hydrogen) atoms. The van der Waals surface area contributed by atoms with Crippen molar-refractivity contribution >= 4 is 11.9 Å². The summed E-state index contributed by atoms with van der Waals surface area (Å²) in [6.07, 6.45) is 1.75. The van der Waals surface area contributed by atoms with Gasteiger partial charge in [0.05, 0.1) is 20.6 Å². The lowest BCUT2D eigenvalue weighted by Gasteiger charge is -2.29. The van der Waals surface area contributed by atoms with E-state index in [9.17, 15) is 14.7 Å². The average molecular weight is 229 g/mol. The number of carboxylic acids is 1. The lowest BCUT2D eigenvalue weighted by Crippen LogP contribution is -2.43. The maximum absolute atomic E-state index is 10.8. The largest absolute Gasteiger partial charge is 0.550 e. The molecule has 0 unspecified atom stereocenters. The van der Waals surface area contributed by atoms with Gasteiger partial charge in [-0.2, -0.15) is 0 Å². The average Bonchev–Trinajstić information content (AvgIpc) is 2.16. The third kappa shape index (κ3) is 7.99. The molecule has 0 fully saturated rings. The Kier molecular flexibility index (Phi) is 6.41. The Bertz CT molecular complexity index is 261. The first kappa shape index (κ1) is 14.6. The molecule has 0 amide bonds. The zero-order valence-corrected chi connectivity index (χ0v) is 9.90. The number of carboxylic acid groups (broad SMARTS) is 1. The number of carbonyl (C=O) groups is 2. The molecule has 0 aliphatic carbocycles. The lowest BCUT2D eigenvalue weighted by molar-refractivity contribution is -0.890. The number of likely N-dealkylation sites (N-methyl/N-ethyl adjacent to an activating group) is 1. The Morgan fingerprint density at radius 3 is 2.50 bits per heavy atom. The minimum Gasteiger partial charge on any atom is -0.550 e. The van der Waals surface area contributed by atoms with Crippen molar-refractivity contribution in [1.82, 2.24) is 0 Å². The Balaban J connectivity index is 3.73. The van der Waals surface area contributed by atoms with E-state index in [2.05, 4.69) is 6.58 Å². The van der Waals surface area contributed by atoms with Gasteiger partial charge in [0.1, 0.15) is 13.2 Å². The summed E-state index contributed by atoms with van der Waals surface area (Å²) in [5.41, 5.74) is 0. The fraction of sp³-hybridized carbons (Fsp3) is 0.636. The number of aliphatic carboxylic acids is 1. The van der Waals surface area contributed by atoms with Crippen LogP contribution in [0.25, 0.3) is 0 Å². The second-order valence-electron chi connectivity index (χ2n) is 4.23. The van der Waals surface area contributed by atoms with Crippen LogP contribution in [0.1, 0.15) is 12.8 Å². The van der Waals surface area contributed by atoms with Gasteiger partial charge in [0.15, 0.2) is 0 Å². The molecule has 0 spiro atoms. The molecule has 0 rings (SSSR count). The minimum atomic E-state index is -1.03. The van der Waals surface area contributed by atoms with Crippen LogP contribution in [0.15, 0.2) is 12.7 Å². The number of esters is 1. The highest BCUT2D eigenvalue weighted by molar-refractivity contribution is 5.81. The van der Waals surface area contributed by atoms with E-state index in [0.717, 1.165) is 6.08 Å². The van der Waals surface area contributed by atoms with Gasteiger partial charge in [-0.05, 0) is 6.42 Å². The Morgan fingerprint density at radius 2 is 2.00 bits per heavy atom. The van der Waals surface area contributed by atoms with Crippen LogP contribution in [0.4, 0.5) is 0 Å². The van der Waals surface area contributed by atoms with Crippen molar-refractivity contribution in [3.05, 3.63) is 12.7 Å². The Labute approximate surface area is 95.9 Å². The topological polar surface area (TPSA) is 66.4 Å². The van der Waals surface area contributed by atoms with Gasteiger partial charge < -0.3 is 19.1 Å². The fourth-order valence-electron chi connectivity index (χ4n) is 1.22. The van der Waals surface area contributed by atoms with E-state index in [4.69, 9.17) is 4.74 Å². The molecular formula is C11H19NO4. The smallest absolute Gasteiger partial charge is 0.330 e. The summed E-state index contributed by atoms with van der Waals surface area (Å²) < 4.78 is 5.46. The van der Waals surface area contributed by atoms with Gasteiger partial charge in [0, 0.05) is 18.5 Å². The van der Waals surface area contributed by atoms with Crippen LogP contribution >= 0.6 is 0 Å². The third-order valence-corrected chi connectivity index (χ3v) is 2.25. The summed E-state index contributed by atoms with van der Waals surface area (Å²) in [5, 5.41) is 10.2. The number of nitrogens with zero attached hydrogens (tertiary/aromatic N) is 1. The summed E-state index contributed by atoms with van der Waals surface area (Å²) in [4.78, 5) is 21.0. The zero-order valence-electron chi connectivity index (χ0n) is 9.90. The van der Waals surface area contributed by atoms with Crippen molar-refractivity contribution in [3.63, 3.8) is 0 Å². The van der Waals surface area contributed by atoms with Crippen LogP contribution in [-0.2, 0) is 14.3 Å². The van der Waals surface area contributed by atoms with Crippen LogP contribution in [0.5, 0.6) is 0 Å². The quantitative estimate of drug-likeness (QED) is 0.314. The molecule has 0 atom stereocenters. The summed E-state index contributed by atoms with van der Waals surface area (Å²) in [5.74, 6) is -1.46. The van der Waals surface area contributed by atoms with Gasteiger partial charge in [-0.1, -0.05) is 6.58 Å². The molecule has 0 N–H and O–H groups in total. The molecule has 0 aliphatic heterocycles. The van der Waals surface area contributed by atoms with E-state index in [1.54, 1.807) is 0 Å². The van der Waals surface area contributed by atoms with Gasteiger partial charge in [0.25, 0.3) is 0 Å². The van der Waals surface area contributed by atoms with E-state index < -0.39 is 11.9 Å². The van der Waals surface area contributed by atoms with E-state index in [1.807, 2.05) is 14.1 Å². The highest BCUT2D eigenvalue weighted by atomic mass is 16.5. The molecule has 0 heterocycles. The van der Waals surface area contributed by atoms with Crippen LogP contribution in [0.3, 0.4) is 0 Å². The maximum Gasteiger partial charge on any atom is 0.330 e. The van der Waals surface area contributed by atoms with Crippen molar-refractivity contribution in [1.29, 1.82) is 0 Å². The van der Waals surface area contributed by atoms with Crippen LogP contribution in [-0.4, -0.2) is 50.2 Å². The van der Waals surface area contributed by atoms with E-state index in [0.29, 0.717) is 30.6 Å². The van der Waals surface area contributed by atoms with Crippen molar-refractivity contribution in [2.45, 2.75) is 12.8 Å². The summed E-state index contributed by atoms with van der Waals surface area (Å²) in [6.45, 7) is 4.95. The molecule has 0 aliphatic rings. The maximum atomic E-state index is 10.8. The minimum absolute atomic E-state index is 0.0636. The van der Waals surface area contributed by atoms with Gasteiger partial charge >= 0.3 is 5.97 Å². The first-order chi connectivity index (χ1) is 7.37. The molecule has 0 aromatic rings. The summed E-state index contributed by atoms with van der Waals surface area (Å²) >= 11 is 0. The first-order valence-electron chi connectivity index (χ1n) is 5.18. The predicted molar refractivity (Wildman–Crippen MR) is 57.2 cm³/mol. The van der Waals surface area contributed by atoms with E-state index in [1.165, 1.54) is 0 Å². The second-order valence-corrected chi connectivity index (χ2v) is 4.23. The Hall–Kier alpha value is -1.36. The molecule has 5 heteroatoms. The first-order valence-corrected chi connectivity index (χ1v) is 5.18. The fourth-order valence-corrected chi connectivity index (χ4v) is 1.22. The number of hydrogen-bond acceptors (Lipinski definition) is 4. The SMILES string of the molecule is C=CC(=O)OCC[N+](C)(C)CCCC(=O)[O-]. The van der Waals surface area contributed by atoms with Gasteiger partial charge in [-0.3, -0.25) is 0 Å². The molecule has 0 radical (unpaired) electrons. The molecule has 0 saturated carbocycles. The molecule has 0 aromatic heterocycles. The molecule has 0 saturated heterocycles. The van der Waals surface area contributed by atoms with E-state index >= 15 is 0 Å². The van der Waals surface area contributed by atoms with Gasteiger partial charge in [-0.25, -0.2) is 4.79 Å². The number of hydrogen-bond donors (Lipinski definition) is 0. The summed E-state index contributed by atoms with van der Waals surface area (Å²) in [7, 11) is 3.91. The van der Waals surface area contributed by atoms with Crippen molar-refractivity contribution in [2.24, 2.45) is 0 Å². The molecular weight excluding hydrogens is 210 g/mol. The molecule has 92 valence electrons. The lowest BCUT2D eigenvalue weighted by atomic mass is 10.3. The highest BCUT2D eigenvalue weighted by Gasteiger charge is 2.14. The third-order valence-electron chi connectivity index (χ3n) is 2.25. The predicted octanol–water partition coefficient (Wildman–Crippen LogP) is -0.678. The van der Waals surface area contributed by atoms with Gasteiger partial charge in [-0.15, -0.1) is 0 Å². The van der Waals surface area contributed by atoms with Gasteiger partial charge in [0.2, 0.25) is 0 Å². The number of rotatable bonds is 8. The highest BCUT2D eigenvalue weighted by Crippen LogP contribution is 2.01. The molecule has 5 nitrogen and oxygen atoms in total. The second kappa shape index (κ2) is 7.00. The van der Waals surface area contributed by atoms with Crippen LogP contribution in [0, 0.1) is 0 Å². The number of quaternary nitrogens is 1. The summed E-state index contributed by atoms with van der Waals surface area (Å²) in [6, 6.07) is 0. The van der Waals surface area contributed by atoms with Crippen molar-refractivity contribution < 1.29 is 23.9 Å². The zero-order chi connectivity index (χ0) is 12.6. The monoisotopic (exact) mass is 229 g/mol. The molecule has 0 bridgehead atoms. The number of ether oxygens (including phenoxy) is 1. The number of carbonyl (C=O) groups excluding carboxylic acids is 2. The van der Waals surface area contributed by atoms with Crippen molar-refractivity contribution in [2.75, 3.05) is 33.8 Å². The molecule has 0 aromatic carbocycles. The Morgan fingerprint density at radius 1 is 1.38 bits per heavy atom. The normalized spacial score (nSPS) is 10.9. The van der Waals surface area contributed by atoms with E-state index in [-0.39, 0.29) is 6.42 Å². The van der Waals surface area contributed by atoms with Crippen molar-refractivity contribution in [3.8, 4) is 0 Å². The standard InChI is InChI=1S/C11H19NO4/c1-4-11(15)16-9-8-12(2,3)7-5-6-10(13)14/h4H,1,5-9H2,2-3H3.